The first-order valence-electron chi connectivity index (χ1n) is 4.81. The van der Waals surface area contributed by atoms with Crippen LogP contribution in [0.1, 0.15) is 12.5 Å². The van der Waals surface area contributed by atoms with Crippen LogP contribution in [-0.2, 0) is 0 Å². The Morgan fingerprint density at radius 1 is 1.65 bits per heavy atom. The molecule has 1 aromatic heterocycles. The van der Waals surface area contributed by atoms with E-state index < -0.39 is 11.1 Å². The van der Waals surface area contributed by atoms with E-state index in [1.165, 1.54) is 4.68 Å². The Labute approximate surface area is 108 Å². The molecular weight excluding hydrogens is 274 g/mol. The number of nitro groups is 1. The Morgan fingerprint density at radius 2 is 2.35 bits per heavy atom. The SMILES string of the molecule is Cl.O=[N+]([O-])c1cnn([C@H]2CNC[C@@H](F)C2)c1Cl. The number of halogens is 3. The van der Waals surface area contributed by atoms with Crippen molar-refractivity contribution in [2.45, 2.75) is 18.6 Å². The van der Waals surface area contributed by atoms with Gasteiger partial charge in [-0.2, -0.15) is 5.10 Å². The minimum atomic E-state index is -0.974. The third kappa shape index (κ3) is 2.85. The van der Waals surface area contributed by atoms with E-state index in [9.17, 15) is 14.5 Å². The van der Waals surface area contributed by atoms with Gasteiger partial charge >= 0.3 is 5.69 Å². The second-order valence-corrected chi connectivity index (χ2v) is 4.03. The van der Waals surface area contributed by atoms with Crippen LogP contribution in [-0.4, -0.2) is 34.0 Å². The van der Waals surface area contributed by atoms with E-state index in [4.69, 9.17) is 11.6 Å². The second-order valence-electron chi connectivity index (χ2n) is 3.67. The molecule has 0 spiro atoms. The summed E-state index contributed by atoms with van der Waals surface area (Å²) in [6.45, 7) is 0.816. The summed E-state index contributed by atoms with van der Waals surface area (Å²) in [4.78, 5) is 9.96. The third-order valence-electron chi connectivity index (χ3n) is 2.53. The Kier molecular flexibility index (Phi) is 4.67. The molecule has 0 amide bonds. The molecule has 1 fully saturated rings. The smallest absolute Gasteiger partial charge is 0.312 e. The Hall–Kier alpha value is -0.920. The summed E-state index contributed by atoms with van der Waals surface area (Å²) in [7, 11) is 0. The number of hydrogen-bond donors (Lipinski definition) is 1. The normalized spacial score (nSPS) is 24.1. The van der Waals surface area contributed by atoms with Gasteiger partial charge in [-0.05, 0) is 0 Å². The van der Waals surface area contributed by atoms with Crippen LogP contribution in [0.25, 0.3) is 0 Å². The number of piperidine rings is 1. The number of rotatable bonds is 2. The van der Waals surface area contributed by atoms with E-state index in [1.807, 2.05) is 0 Å². The molecule has 1 saturated heterocycles. The summed E-state index contributed by atoms with van der Waals surface area (Å²) in [6, 6.07) is -0.273. The Morgan fingerprint density at radius 3 is 2.88 bits per heavy atom. The van der Waals surface area contributed by atoms with Crippen LogP contribution in [0.3, 0.4) is 0 Å². The average Bonchev–Trinajstić information content (AvgIpc) is 2.60. The molecule has 96 valence electrons. The largest absolute Gasteiger partial charge is 0.325 e. The fourth-order valence-electron chi connectivity index (χ4n) is 1.77. The van der Waals surface area contributed by atoms with Crippen molar-refractivity contribution in [2.24, 2.45) is 0 Å². The standard InChI is InChI=1S/C8H10ClFN4O2.ClH/c9-8-7(14(15)16)4-12-13(8)6-1-5(10)2-11-3-6;/h4-6,11H,1-3H2;1H/t5-,6+;/m0./s1. The van der Waals surface area contributed by atoms with E-state index in [1.54, 1.807) is 0 Å². The molecule has 1 aliphatic rings. The molecule has 0 unspecified atom stereocenters. The highest BCUT2D eigenvalue weighted by atomic mass is 35.5. The average molecular weight is 285 g/mol. The van der Waals surface area contributed by atoms with Crippen LogP contribution in [0, 0.1) is 10.1 Å². The molecule has 9 heteroatoms. The van der Waals surface area contributed by atoms with Crippen molar-refractivity contribution in [3.8, 4) is 0 Å². The van der Waals surface area contributed by atoms with Crippen molar-refractivity contribution >= 4 is 29.7 Å². The second kappa shape index (κ2) is 5.61. The monoisotopic (exact) mass is 284 g/mol. The van der Waals surface area contributed by atoms with E-state index >= 15 is 0 Å². The Balaban J connectivity index is 0.00000144. The molecule has 0 saturated carbocycles. The summed E-state index contributed by atoms with van der Waals surface area (Å²) in [5.41, 5.74) is -0.248. The van der Waals surface area contributed by atoms with Crippen LogP contribution in [0.5, 0.6) is 0 Å². The summed E-state index contributed by atoms with van der Waals surface area (Å²) < 4.78 is 14.4. The van der Waals surface area contributed by atoms with Gasteiger partial charge in [0.1, 0.15) is 12.4 Å². The van der Waals surface area contributed by atoms with Crippen LogP contribution in [0.2, 0.25) is 5.15 Å². The van der Waals surface area contributed by atoms with Gasteiger partial charge in [-0.15, -0.1) is 12.4 Å². The molecular formula is C8H11Cl2FN4O2. The number of hydrogen-bond acceptors (Lipinski definition) is 4. The maximum atomic E-state index is 13.1. The highest BCUT2D eigenvalue weighted by Gasteiger charge is 2.28. The van der Waals surface area contributed by atoms with Crippen LogP contribution in [0.4, 0.5) is 10.1 Å². The third-order valence-corrected chi connectivity index (χ3v) is 2.90. The molecule has 0 radical (unpaired) electrons. The lowest BCUT2D eigenvalue weighted by molar-refractivity contribution is -0.384. The predicted octanol–water partition coefficient (Wildman–Crippen LogP) is 1.74. The van der Waals surface area contributed by atoms with Crippen molar-refractivity contribution < 1.29 is 9.31 Å². The molecule has 0 aromatic carbocycles. The molecule has 2 atom stereocenters. The summed E-state index contributed by atoms with van der Waals surface area (Å²) in [5.74, 6) is 0. The van der Waals surface area contributed by atoms with Crippen LogP contribution < -0.4 is 5.32 Å². The van der Waals surface area contributed by atoms with Crippen molar-refractivity contribution in [1.29, 1.82) is 0 Å². The van der Waals surface area contributed by atoms with Gasteiger partial charge in [0.2, 0.25) is 5.15 Å². The fourth-order valence-corrected chi connectivity index (χ4v) is 2.07. The van der Waals surface area contributed by atoms with Gasteiger partial charge in [0, 0.05) is 19.5 Å². The lowest BCUT2D eigenvalue weighted by Crippen LogP contribution is -2.38. The zero-order chi connectivity index (χ0) is 11.7. The Bertz CT molecular complexity index is 414. The van der Waals surface area contributed by atoms with Crippen molar-refractivity contribution in [3.05, 3.63) is 21.5 Å². The van der Waals surface area contributed by atoms with Crippen LogP contribution >= 0.6 is 24.0 Å². The molecule has 1 aliphatic heterocycles. The first-order chi connectivity index (χ1) is 7.59. The van der Waals surface area contributed by atoms with Gasteiger partial charge in [-0.25, -0.2) is 9.07 Å². The zero-order valence-corrected chi connectivity index (χ0v) is 10.2. The molecule has 2 rings (SSSR count). The summed E-state index contributed by atoms with van der Waals surface area (Å²) in [6.07, 6.45) is 0.383. The van der Waals surface area contributed by atoms with Gasteiger partial charge < -0.3 is 5.32 Å². The maximum Gasteiger partial charge on any atom is 0.325 e. The minimum absolute atomic E-state index is 0. The van der Waals surface area contributed by atoms with Gasteiger partial charge in [0.25, 0.3) is 0 Å². The minimum Gasteiger partial charge on any atom is -0.312 e. The van der Waals surface area contributed by atoms with Crippen molar-refractivity contribution in [1.82, 2.24) is 15.1 Å². The van der Waals surface area contributed by atoms with Crippen LogP contribution in [0.15, 0.2) is 6.20 Å². The number of aromatic nitrogens is 2. The number of alkyl halides is 1. The predicted molar refractivity (Wildman–Crippen MR) is 62.6 cm³/mol. The fraction of sp³-hybridized carbons (Fsp3) is 0.625. The molecule has 0 aliphatic carbocycles. The molecule has 1 aromatic rings. The lowest BCUT2D eigenvalue weighted by Gasteiger charge is -2.25. The summed E-state index contributed by atoms with van der Waals surface area (Å²) >= 11 is 5.81. The number of nitrogens with one attached hydrogen (secondary N) is 1. The van der Waals surface area contributed by atoms with E-state index in [0.717, 1.165) is 6.20 Å². The molecule has 1 N–H and O–H groups in total. The molecule has 2 heterocycles. The molecule has 0 bridgehead atoms. The van der Waals surface area contributed by atoms with E-state index in [0.29, 0.717) is 13.1 Å². The van der Waals surface area contributed by atoms with Gasteiger partial charge in [-0.1, -0.05) is 11.6 Å². The van der Waals surface area contributed by atoms with E-state index in [2.05, 4.69) is 10.4 Å². The van der Waals surface area contributed by atoms with Crippen molar-refractivity contribution in [3.63, 3.8) is 0 Å². The molecule has 6 nitrogen and oxygen atoms in total. The lowest BCUT2D eigenvalue weighted by atomic mass is 10.1. The highest BCUT2D eigenvalue weighted by molar-refractivity contribution is 6.31. The molecule has 17 heavy (non-hydrogen) atoms. The van der Waals surface area contributed by atoms with Gasteiger partial charge in [0.05, 0.1) is 11.0 Å². The van der Waals surface area contributed by atoms with Gasteiger partial charge in [-0.3, -0.25) is 10.1 Å². The van der Waals surface area contributed by atoms with Gasteiger partial charge in [0.15, 0.2) is 0 Å². The quantitative estimate of drug-likeness (QED) is 0.663. The maximum absolute atomic E-state index is 13.1. The first-order valence-corrected chi connectivity index (χ1v) is 5.19. The van der Waals surface area contributed by atoms with E-state index in [-0.39, 0.29) is 35.7 Å². The topological polar surface area (TPSA) is 73.0 Å². The van der Waals surface area contributed by atoms with Crippen molar-refractivity contribution in [2.75, 3.05) is 13.1 Å². The summed E-state index contributed by atoms with van der Waals surface area (Å²) in [5, 5.41) is 17.2. The highest BCUT2D eigenvalue weighted by Crippen LogP contribution is 2.29. The first kappa shape index (κ1) is 14.1. The zero-order valence-electron chi connectivity index (χ0n) is 8.68. The number of nitrogens with zero attached hydrogens (tertiary/aromatic N) is 3.